The topological polar surface area (TPSA) is 96.2 Å². The van der Waals surface area contributed by atoms with Gasteiger partial charge in [0.05, 0.1) is 0 Å². The van der Waals surface area contributed by atoms with Crippen LogP contribution < -0.4 is 21.7 Å². The number of hydrogen-bond donors (Lipinski definition) is 4. The van der Waals surface area contributed by atoms with Crippen LogP contribution in [0.2, 0.25) is 0 Å². The SMILES string of the molecule is CCNC(=O)c1ccc(N/C(CC2CC2)=C(\N)C(=O)NC2CC2)cc1. The summed E-state index contributed by atoms with van der Waals surface area (Å²) in [4.78, 5) is 24.1. The molecule has 0 radical (unpaired) electrons. The molecule has 2 aliphatic rings. The fourth-order valence-corrected chi connectivity index (χ4v) is 2.61. The Morgan fingerprint density at radius 1 is 1.12 bits per heavy atom. The zero-order valence-corrected chi connectivity index (χ0v) is 14.6. The van der Waals surface area contributed by atoms with E-state index in [1.54, 1.807) is 12.1 Å². The van der Waals surface area contributed by atoms with Gasteiger partial charge in [-0.25, -0.2) is 0 Å². The van der Waals surface area contributed by atoms with E-state index >= 15 is 0 Å². The third-order valence-electron chi connectivity index (χ3n) is 4.45. The highest BCUT2D eigenvalue weighted by atomic mass is 16.2. The zero-order valence-electron chi connectivity index (χ0n) is 14.6. The van der Waals surface area contributed by atoms with E-state index in [9.17, 15) is 9.59 Å². The third kappa shape index (κ3) is 4.98. The van der Waals surface area contributed by atoms with Crippen molar-refractivity contribution in [1.82, 2.24) is 10.6 Å². The molecule has 0 saturated heterocycles. The first-order valence-electron chi connectivity index (χ1n) is 9.01. The number of nitrogens with one attached hydrogen (secondary N) is 3. The Kier molecular flexibility index (Phi) is 5.26. The first kappa shape index (κ1) is 17.3. The van der Waals surface area contributed by atoms with Gasteiger partial charge >= 0.3 is 0 Å². The summed E-state index contributed by atoms with van der Waals surface area (Å²) >= 11 is 0. The molecule has 2 saturated carbocycles. The Labute approximate surface area is 148 Å². The smallest absolute Gasteiger partial charge is 0.269 e. The normalized spacial score (nSPS) is 17.5. The molecule has 0 spiro atoms. The van der Waals surface area contributed by atoms with Crippen molar-refractivity contribution in [3.63, 3.8) is 0 Å². The molecule has 2 aliphatic carbocycles. The van der Waals surface area contributed by atoms with Crippen LogP contribution >= 0.6 is 0 Å². The second kappa shape index (κ2) is 7.59. The average Bonchev–Trinajstić information content (AvgIpc) is 3.51. The lowest BCUT2D eigenvalue weighted by atomic mass is 10.1. The van der Waals surface area contributed by atoms with Crippen molar-refractivity contribution in [2.24, 2.45) is 11.7 Å². The second-order valence-electron chi connectivity index (χ2n) is 6.85. The van der Waals surface area contributed by atoms with E-state index in [2.05, 4.69) is 16.0 Å². The highest BCUT2D eigenvalue weighted by molar-refractivity contribution is 5.95. The fraction of sp³-hybridized carbons (Fsp3) is 0.474. The monoisotopic (exact) mass is 342 g/mol. The Bertz CT molecular complexity index is 673. The first-order chi connectivity index (χ1) is 12.1. The lowest BCUT2D eigenvalue weighted by molar-refractivity contribution is -0.117. The molecule has 2 amide bonds. The molecule has 0 heterocycles. The summed E-state index contributed by atoms with van der Waals surface area (Å²) in [7, 11) is 0. The Morgan fingerprint density at radius 2 is 1.80 bits per heavy atom. The number of rotatable bonds is 8. The van der Waals surface area contributed by atoms with Gasteiger partial charge in [0.15, 0.2) is 0 Å². The lowest BCUT2D eigenvalue weighted by Gasteiger charge is -2.15. The van der Waals surface area contributed by atoms with Crippen molar-refractivity contribution in [3.05, 3.63) is 41.2 Å². The molecule has 6 heteroatoms. The van der Waals surface area contributed by atoms with Crippen LogP contribution in [0.1, 0.15) is 49.4 Å². The molecule has 6 nitrogen and oxygen atoms in total. The van der Waals surface area contributed by atoms with Gasteiger partial charge in [-0.15, -0.1) is 0 Å². The first-order valence-corrected chi connectivity index (χ1v) is 9.01. The number of allylic oxidation sites excluding steroid dienone is 1. The molecular formula is C19H26N4O2. The van der Waals surface area contributed by atoms with Crippen molar-refractivity contribution in [2.75, 3.05) is 11.9 Å². The Hall–Kier alpha value is -2.50. The molecular weight excluding hydrogens is 316 g/mol. The molecule has 0 aliphatic heterocycles. The maximum atomic E-state index is 12.3. The average molecular weight is 342 g/mol. The number of carbonyl (C=O) groups is 2. The van der Waals surface area contributed by atoms with Crippen LogP contribution in [0.25, 0.3) is 0 Å². The highest BCUT2D eigenvalue weighted by Crippen LogP contribution is 2.36. The molecule has 3 rings (SSSR count). The van der Waals surface area contributed by atoms with Gasteiger partial charge in [0.25, 0.3) is 11.8 Å². The van der Waals surface area contributed by atoms with Gasteiger partial charge in [-0.1, -0.05) is 0 Å². The van der Waals surface area contributed by atoms with Crippen LogP contribution in [0.5, 0.6) is 0 Å². The van der Waals surface area contributed by atoms with Crippen LogP contribution in [0, 0.1) is 5.92 Å². The van der Waals surface area contributed by atoms with E-state index in [0.717, 1.165) is 30.6 Å². The van der Waals surface area contributed by atoms with Gasteiger partial charge < -0.3 is 21.7 Å². The predicted octanol–water partition coefficient (Wildman–Crippen LogP) is 2.10. The molecule has 1 aromatic rings. The van der Waals surface area contributed by atoms with Crippen molar-refractivity contribution in [3.8, 4) is 0 Å². The molecule has 5 N–H and O–H groups in total. The summed E-state index contributed by atoms with van der Waals surface area (Å²) in [6.45, 7) is 2.48. The minimum atomic E-state index is -0.190. The maximum Gasteiger partial charge on any atom is 0.269 e. The number of anilines is 1. The van der Waals surface area contributed by atoms with Gasteiger partial charge in [-0.2, -0.15) is 0 Å². The quantitative estimate of drug-likeness (QED) is 0.544. The van der Waals surface area contributed by atoms with Gasteiger partial charge in [-0.3, -0.25) is 9.59 Å². The summed E-state index contributed by atoms with van der Waals surface area (Å²) in [5, 5.41) is 8.99. The van der Waals surface area contributed by atoms with E-state index in [1.807, 2.05) is 19.1 Å². The lowest BCUT2D eigenvalue weighted by Crippen LogP contribution is -2.32. The number of nitrogens with two attached hydrogens (primary N) is 1. The van der Waals surface area contributed by atoms with Crippen LogP contribution in [0.15, 0.2) is 35.7 Å². The van der Waals surface area contributed by atoms with Crippen LogP contribution in [-0.2, 0) is 4.79 Å². The van der Waals surface area contributed by atoms with Crippen LogP contribution in [0.3, 0.4) is 0 Å². The van der Waals surface area contributed by atoms with E-state index in [-0.39, 0.29) is 23.6 Å². The Balaban J connectivity index is 1.70. The van der Waals surface area contributed by atoms with E-state index in [0.29, 0.717) is 18.0 Å². The summed E-state index contributed by atoms with van der Waals surface area (Å²) in [5.41, 5.74) is 8.60. The molecule has 25 heavy (non-hydrogen) atoms. The van der Waals surface area contributed by atoms with Crippen LogP contribution in [-0.4, -0.2) is 24.4 Å². The number of amides is 2. The zero-order chi connectivity index (χ0) is 17.8. The minimum Gasteiger partial charge on any atom is -0.393 e. The molecule has 0 aromatic heterocycles. The van der Waals surface area contributed by atoms with Crippen molar-refractivity contribution >= 4 is 17.5 Å². The van der Waals surface area contributed by atoms with Gasteiger partial charge in [-0.05, 0) is 69.2 Å². The van der Waals surface area contributed by atoms with E-state index < -0.39 is 0 Å². The van der Waals surface area contributed by atoms with Gasteiger partial charge in [0, 0.05) is 29.5 Å². The van der Waals surface area contributed by atoms with Gasteiger partial charge in [0.1, 0.15) is 5.70 Å². The number of carbonyl (C=O) groups excluding carboxylic acids is 2. The van der Waals surface area contributed by atoms with Crippen molar-refractivity contribution in [1.29, 1.82) is 0 Å². The van der Waals surface area contributed by atoms with Crippen molar-refractivity contribution < 1.29 is 9.59 Å². The largest absolute Gasteiger partial charge is 0.393 e. The Morgan fingerprint density at radius 3 is 2.36 bits per heavy atom. The van der Waals surface area contributed by atoms with Crippen LogP contribution in [0.4, 0.5) is 5.69 Å². The minimum absolute atomic E-state index is 0.0916. The number of hydrogen-bond acceptors (Lipinski definition) is 4. The summed E-state index contributed by atoms with van der Waals surface area (Å²) in [5.74, 6) is 0.320. The standard InChI is InChI=1S/C19H26N4O2/c1-2-21-18(24)13-5-7-14(8-6-13)22-16(11-12-3-4-12)17(20)19(25)23-15-9-10-15/h5-8,12,15,22H,2-4,9-11,20H2,1H3,(H,21,24)(H,23,25)/b17-16-. The summed E-state index contributed by atoms with van der Waals surface area (Å²) in [6.07, 6.45) is 5.21. The third-order valence-corrected chi connectivity index (χ3v) is 4.45. The number of benzene rings is 1. The maximum absolute atomic E-state index is 12.3. The van der Waals surface area contributed by atoms with Gasteiger partial charge in [0.2, 0.25) is 0 Å². The molecule has 134 valence electrons. The predicted molar refractivity (Wildman–Crippen MR) is 97.8 cm³/mol. The highest BCUT2D eigenvalue weighted by Gasteiger charge is 2.28. The van der Waals surface area contributed by atoms with E-state index in [1.165, 1.54) is 12.8 Å². The van der Waals surface area contributed by atoms with Crippen molar-refractivity contribution in [2.45, 2.75) is 45.1 Å². The second-order valence-corrected chi connectivity index (χ2v) is 6.85. The summed E-state index contributed by atoms with van der Waals surface area (Å²) in [6, 6.07) is 7.49. The molecule has 0 bridgehead atoms. The molecule has 1 aromatic carbocycles. The molecule has 0 unspecified atom stereocenters. The molecule has 2 fully saturated rings. The van der Waals surface area contributed by atoms with E-state index in [4.69, 9.17) is 5.73 Å². The fourth-order valence-electron chi connectivity index (χ4n) is 2.61. The summed E-state index contributed by atoms with van der Waals surface area (Å²) < 4.78 is 0. The molecule has 0 atom stereocenters.